The topological polar surface area (TPSA) is 52.6 Å². The van der Waals surface area contributed by atoms with E-state index in [1.807, 2.05) is 4.81 Å². The molecule has 1 aliphatic heterocycles. The molecule has 2 rings (SSSR count). The summed E-state index contributed by atoms with van der Waals surface area (Å²) in [6, 6.07) is 6.16. The quantitative estimate of drug-likeness (QED) is 0.815. The van der Waals surface area contributed by atoms with E-state index in [0.29, 0.717) is 25.9 Å². The van der Waals surface area contributed by atoms with Gasteiger partial charge in [-0.05, 0) is 44.9 Å². The number of carbonyl (C=O) groups excluding carboxylic acids is 1. The van der Waals surface area contributed by atoms with Gasteiger partial charge in [0.15, 0.2) is 0 Å². The first-order chi connectivity index (χ1) is 9.08. The first kappa shape index (κ1) is 14.0. The van der Waals surface area contributed by atoms with E-state index < -0.39 is 12.9 Å². The Bertz CT molecular complexity index is 448. The summed E-state index contributed by atoms with van der Waals surface area (Å²) in [7, 11) is -0.476. The van der Waals surface area contributed by atoms with Crippen molar-refractivity contribution < 1.29 is 14.2 Å². The highest BCUT2D eigenvalue weighted by Crippen LogP contribution is 2.21. The molecule has 1 saturated heterocycles. The number of hydrogen-bond acceptors (Lipinski definition) is 3. The fourth-order valence-electron chi connectivity index (χ4n) is 2.33. The van der Waals surface area contributed by atoms with Crippen LogP contribution < -0.4 is 5.32 Å². The summed E-state index contributed by atoms with van der Waals surface area (Å²) < 4.78 is 13.4. The van der Waals surface area contributed by atoms with Crippen LogP contribution in [0.5, 0.6) is 0 Å². The van der Waals surface area contributed by atoms with Gasteiger partial charge in [0.2, 0.25) is 5.91 Å². The number of nitrogens with zero attached hydrogens (tertiary/aromatic N) is 1. The van der Waals surface area contributed by atoms with Gasteiger partial charge in [0, 0.05) is 5.92 Å². The standard InChI is InChI=1S/C13H18BFN2O2/c1-14(19)17-8-6-10(7-9-17)13(18)16-12-5-3-2-4-11(12)15/h2-5,10,19H,6-9H2,1H3,(H,16,18). The number of para-hydroxylation sites is 1. The van der Waals surface area contributed by atoms with Gasteiger partial charge < -0.3 is 15.2 Å². The molecule has 19 heavy (non-hydrogen) atoms. The van der Waals surface area contributed by atoms with Gasteiger partial charge in [-0.2, -0.15) is 0 Å². The Labute approximate surface area is 112 Å². The van der Waals surface area contributed by atoms with Gasteiger partial charge in [-0.25, -0.2) is 4.39 Å². The average Bonchev–Trinajstić information content (AvgIpc) is 2.41. The normalized spacial score (nSPS) is 17.2. The maximum absolute atomic E-state index is 13.4. The number of piperidine rings is 1. The SMILES string of the molecule is CB(O)N1CCC(C(=O)Nc2ccccc2F)CC1. The number of benzene rings is 1. The van der Waals surface area contributed by atoms with E-state index in [9.17, 15) is 14.2 Å². The highest BCUT2D eigenvalue weighted by atomic mass is 19.1. The van der Waals surface area contributed by atoms with Crippen LogP contribution in [0.1, 0.15) is 12.8 Å². The second kappa shape index (κ2) is 6.17. The molecule has 0 bridgehead atoms. The number of amides is 1. The largest absolute Gasteiger partial charge is 0.437 e. The predicted molar refractivity (Wildman–Crippen MR) is 73.2 cm³/mol. The van der Waals surface area contributed by atoms with Crippen molar-refractivity contribution in [2.45, 2.75) is 19.7 Å². The minimum Gasteiger partial charge on any atom is -0.437 e. The molecule has 1 aromatic rings. The summed E-state index contributed by atoms with van der Waals surface area (Å²) in [4.78, 5) is 14.0. The van der Waals surface area contributed by atoms with E-state index in [-0.39, 0.29) is 17.5 Å². The van der Waals surface area contributed by atoms with Gasteiger partial charge in [0.25, 0.3) is 0 Å². The molecule has 6 heteroatoms. The molecule has 1 amide bonds. The highest BCUT2D eigenvalue weighted by molar-refractivity contribution is 6.45. The van der Waals surface area contributed by atoms with Crippen molar-refractivity contribution in [3.8, 4) is 0 Å². The average molecular weight is 264 g/mol. The van der Waals surface area contributed by atoms with E-state index >= 15 is 0 Å². The number of hydrogen-bond donors (Lipinski definition) is 2. The monoisotopic (exact) mass is 264 g/mol. The molecule has 1 aromatic carbocycles. The van der Waals surface area contributed by atoms with E-state index in [1.54, 1.807) is 25.0 Å². The summed E-state index contributed by atoms with van der Waals surface area (Å²) in [6.45, 7) is 3.10. The lowest BCUT2D eigenvalue weighted by Gasteiger charge is -2.31. The summed E-state index contributed by atoms with van der Waals surface area (Å²) in [6.07, 6.45) is 1.37. The summed E-state index contributed by atoms with van der Waals surface area (Å²) in [5.74, 6) is -0.679. The van der Waals surface area contributed by atoms with Gasteiger partial charge in [-0.1, -0.05) is 12.1 Å². The zero-order valence-corrected chi connectivity index (χ0v) is 11.0. The lowest BCUT2D eigenvalue weighted by atomic mass is 9.81. The molecular formula is C13H18BFN2O2. The summed E-state index contributed by atoms with van der Waals surface area (Å²) in [5.41, 5.74) is 0.227. The maximum Gasteiger partial charge on any atom is 0.376 e. The molecule has 0 atom stereocenters. The van der Waals surface area contributed by atoms with Crippen LogP contribution in [0.15, 0.2) is 24.3 Å². The van der Waals surface area contributed by atoms with Crippen molar-refractivity contribution in [3.05, 3.63) is 30.1 Å². The Morgan fingerprint density at radius 1 is 1.42 bits per heavy atom. The first-order valence-corrected chi connectivity index (χ1v) is 6.55. The molecule has 4 nitrogen and oxygen atoms in total. The van der Waals surface area contributed by atoms with E-state index in [0.717, 1.165) is 0 Å². The van der Waals surface area contributed by atoms with E-state index in [1.165, 1.54) is 6.07 Å². The van der Waals surface area contributed by atoms with Gasteiger partial charge in [-0.3, -0.25) is 4.79 Å². The number of anilines is 1. The van der Waals surface area contributed by atoms with Crippen LogP contribution in [-0.2, 0) is 4.79 Å². The molecule has 2 N–H and O–H groups in total. The van der Waals surface area contributed by atoms with Crippen LogP contribution in [-0.4, -0.2) is 35.9 Å². The van der Waals surface area contributed by atoms with Crippen molar-refractivity contribution in [1.29, 1.82) is 0 Å². The van der Waals surface area contributed by atoms with Crippen molar-refractivity contribution >= 4 is 18.6 Å². The van der Waals surface area contributed by atoms with Crippen molar-refractivity contribution in [2.24, 2.45) is 5.92 Å². The van der Waals surface area contributed by atoms with Gasteiger partial charge in [-0.15, -0.1) is 0 Å². The zero-order chi connectivity index (χ0) is 13.8. The van der Waals surface area contributed by atoms with Crippen molar-refractivity contribution in [2.75, 3.05) is 18.4 Å². The Kier molecular flexibility index (Phi) is 4.55. The van der Waals surface area contributed by atoms with Crippen LogP contribution in [0.25, 0.3) is 0 Å². The molecule has 1 aliphatic rings. The second-order valence-electron chi connectivity index (χ2n) is 4.91. The fourth-order valence-corrected chi connectivity index (χ4v) is 2.33. The zero-order valence-electron chi connectivity index (χ0n) is 11.0. The molecule has 1 fully saturated rings. The Hall–Kier alpha value is -1.40. The third-order valence-corrected chi connectivity index (χ3v) is 3.56. The van der Waals surface area contributed by atoms with Crippen LogP contribution in [0.2, 0.25) is 6.82 Å². The van der Waals surface area contributed by atoms with Crippen molar-refractivity contribution in [1.82, 2.24) is 4.81 Å². The molecule has 0 spiro atoms. The minimum absolute atomic E-state index is 0.116. The molecule has 0 unspecified atom stereocenters. The smallest absolute Gasteiger partial charge is 0.376 e. The van der Waals surface area contributed by atoms with Crippen LogP contribution in [0.3, 0.4) is 0 Å². The number of halogens is 1. The Morgan fingerprint density at radius 3 is 2.63 bits per heavy atom. The van der Waals surface area contributed by atoms with E-state index in [2.05, 4.69) is 5.32 Å². The lowest BCUT2D eigenvalue weighted by molar-refractivity contribution is -0.121. The first-order valence-electron chi connectivity index (χ1n) is 6.55. The second-order valence-corrected chi connectivity index (χ2v) is 4.91. The highest BCUT2D eigenvalue weighted by Gasteiger charge is 2.28. The molecule has 0 aliphatic carbocycles. The molecule has 0 saturated carbocycles. The summed E-state index contributed by atoms with van der Waals surface area (Å²) >= 11 is 0. The predicted octanol–water partition coefficient (Wildman–Crippen LogP) is 1.59. The number of carbonyl (C=O) groups is 1. The fraction of sp³-hybridized carbons (Fsp3) is 0.462. The molecule has 0 radical (unpaired) electrons. The van der Waals surface area contributed by atoms with E-state index in [4.69, 9.17) is 0 Å². The molecular weight excluding hydrogens is 246 g/mol. The third kappa shape index (κ3) is 3.55. The third-order valence-electron chi connectivity index (χ3n) is 3.56. The maximum atomic E-state index is 13.4. The van der Waals surface area contributed by atoms with Crippen LogP contribution in [0, 0.1) is 11.7 Å². The van der Waals surface area contributed by atoms with Gasteiger partial charge >= 0.3 is 7.05 Å². The lowest BCUT2D eigenvalue weighted by Crippen LogP contribution is -2.45. The molecule has 102 valence electrons. The Balaban J connectivity index is 1.90. The van der Waals surface area contributed by atoms with Crippen LogP contribution in [0.4, 0.5) is 10.1 Å². The minimum atomic E-state index is -0.476. The summed E-state index contributed by atoms with van der Waals surface area (Å²) in [5, 5.41) is 12.1. The number of rotatable bonds is 3. The number of nitrogens with one attached hydrogen (secondary N) is 1. The molecule has 1 heterocycles. The Morgan fingerprint density at radius 2 is 2.05 bits per heavy atom. The van der Waals surface area contributed by atoms with Gasteiger partial charge in [0.1, 0.15) is 5.82 Å². The van der Waals surface area contributed by atoms with Crippen molar-refractivity contribution in [3.63, 3.8) is 0 Å². The van der Waals surface area contributed by atoms with Crippen LogP contribution >= 0.6 is 0 Å². The van der Waals surface area contributed by atoms with Gasteiger partial charge in [0.05, 0.1) is 5.69 Å². The molecule has 0 aromatic heterocycles.